The first-order chi connectivity index (χ1) is 22.0. The van der Waals surface area contributed by atoms with Crippen LogP contribution in [0.4, 0.5) is 23.0 Å². The maximum absolute atomic E-state index is 12.8. The number of carbonyl (C=O) groups excluding carboxylic acids is 2. The van der Waals surface area contributed by atoms with E-state index in [4.69, 9.17) is 9.97 Å². The van der Waals surface area contributed by atoms with E-state index in [0.29, 0.717) is 22.9 Å². The van der Waals surface area contributed by atoms with Crippen molar-refractivity contribution >= 4 is 51.1 Å². The number of hydrogen-bond donors (Lipinski definition) is 2. The molecule has 6 aromatic rings. The van der Waals surface area contributed by atoms with E-state index in [0.717, 1.165) is 59.5 Å². The number of thiazole rings is 1. The lowest BCUT2D eigenvalue weighted by Crippen LogP contribution is -2.48. The van der Waals surface area contributed by atoms with E-state index >= 15 is 0 Å². The van der Waals surface area contributed by atoms with Gasteiger partial charge in [0.15, 0.2) is 4.96 Å². The second kappa shape index (κ2) is 12.2. The predicted octanol–water partition coefficient (Wildman–Crippen LogP) is 6.18. The Hall–Kier alpha value is -5.55. The summed E-state index contributed by atoms with van der Waals surface area (Å²) in [7, 11) is 0. The Kier molecular flexibility index (Phi) is 7.66. The van der Waals surface area contributed by atoms with E-state index in [2.05, 4.69) is 32.7 Å². The van der Waals surface area contributed by atoms with Crippen molar-refractivity contribution < 1.29 is 9.59 Å². The molecule has 11 heteroatoms. The second-order valence-corrected chi connectivity index (χ2v) is 11.6. The molecule has 0 saturated carbocycles. The maximum Gasteiger partial charge on any atom is 0.255 e. The Balaban J connectivity index is 1.13. The summed E-state index contributed by atoms with van der Waals surface area (Å²) < 4.78 is 2.03. The van der Waals surface area contributed by atoms with Crippen molar-refractivity contribution in [1.29, 1.82) is 0 Å². The number of imidazole rings is 1. The normalized spacial score (nSPS) is 13.2. The maximum atomic E-state index is 12.8. The van der Waals surface area contributed by atoms with E-state index < -0.39 is 0 Å². The summed E-state index contributed by atoms with van der Waals surface area (Å²) in [4.78, 5) is 43.8. The number of amides is 2. The Morgan fingerprint density at radius 2 is 1.64 bits per heavy atom. The quantitative estimate of drug-likeness (QED) is 0.221. The van der Waals surface area contributed by atoms with E-state index in [1.165, 1.54) is 0 Å². The van der Waals surface area contributed by atoms with Crippen LogP contribution < -0.4 is 15.5 Å². The Morgan fingerprint density at radius 3 is 2.42 bits per heavy atom. The third kappa shape index (κ3) is 5.98. The molecule has 4 heterocycles. The highest BCUT2D eigenvalue weighted by molar-refractivity contribution is 7.15. The molecule has 224 valence electrons. The molecular formula is C34H30N8O2S. The smallest absolute Gasteiger partial charge is 0.255 e. The molecule has 0 spiro atoms. The van der Waals surface area contributed by atoms with Crippen LogP contribution >= 0.6 is 11.3 Å². The highest BCUT2D eigenvalue weighted by atomic mass is 32.1. The van der Waals surface area contributed by atoms with Gasteiger partial charge in [0.1, 0.15) is 5.69 Å². The summed E-state index contributed by atoms with van der Waals surface area (Å²) in [6.45, 7) is 4.71. The van der Waals surface area contributed by atoms with Crippen LogP contribution in [0.5, 0.6) is 0 Å². The van der Waals surface area contributed by atoms with E-state index in [-0.39, 0.29) is 11.8 Å². The molecular weight excluding hydrogens is 584 g/mol. The van der Waals surface area contributed by atoms with Gasteiger partial charge in [-0.3, -0.25) is 14.0 Å². The number of anilines is 4. The lowest BCUT2D eigenvalue weighted by molar-refractivity contribution is -0.129. The summed E-state index contributed by atoms with van der Waals surface area (Å²) in [5, 5.41) is 8.33. The van der Waals surface area contributed by atoms with Crippen molar-refractivity contribution in [3.8, 4) is 22.6 Å². The first-order valence-electron chi connectivity index (χ1n) is 14.7. The van der Waals surface area contributed by atoms with Crippen molar-refractivity contribution in [2.24, 2.45) is 0 Å². The largest absolute Gasteiger partial charge is 0.368 e. The highest BCUT2D eigenvalue weighted by Gasteiger charge is 2.20. The fraction of sp³-hybridized carbons (Fsp3) is 0.147. The number of fused-ring (bicyclic) bond motifs is 1. The van der Waals surface area contributed by atoms with Crippen LogP contribution in [0, 0.1) is 0 Å². The molecule has 1 aliphatic heterocycles. The van der Waals surface area contributed by atoms with E-state index in [9.17, 15) is 9.59 Å². The van der Waals surface area contributed by atoms with Gasteiger partial charge in [-0.1, -0.05) is 30.3 Å². The van der Waals surface area contributed by atoms with Crippen LogP contribution in [0.25, 0.3) is 27.6 Å². The number of nitrogens with zero attached hydrogens (tertiary/aromatic N) is 6. The molecule has 3 aromatic carbocycles. The average molecular weight is 615 g/mol. The summed E-state index contributed by atoms with van der Waals surface area (Å²) in [6, 6.07) is 26.9. The summed E-state index contributed by atoms with van der Waals surface area (Å²) in [6.07, 6.45) is 3.72. The zero-order valence-electron chi connectivity index (χ0n) is 24.6. The highest BCUT2D eigenvalue weighted by Crippen LogP contribution is 2.35. The van der Waals surface area contributed by atoms with Gasteiger partial charge in [-0.2, -0.15) is 0 Å². The molecule has 1 fully saturated rings. The van der Waals surface area contributed by atoms with Gasteiger partial charge in [0.25, 0.3) is 5.91 Å². The second-order valence-electron chi connectivity index (χ2n) is 10.7. The molecule has 3 aromatic heterocycles. The van der Waals surface area contributed by atoms with Crippen molar-refractivity contribution in [2.45, 2.75) is 6.92 Å². The van der Waals surface area contributed by atoms with E-state index in [1.807, 2.05) is 81.5 Å². The monoisotopic (exact) mass is 614 g/mol. The number of benzene rings is 3. The van der Waals surface area contributed by atoms with Crippen molar-refractivity contribution in [3.63, 3.8) is 0 Å². The number of carbonyl (C=O) groups is 2. The van der Waals surface area contributed by atoms with Crippen LogP contribution in [0.15, 0.2) is 103 Å². The van der Waals surface area contributed by atoms with Gasteiger partial charge in [0.05, 0.1) is 11.4 Å². The molecule has 45 heavy (non-hydrogen) atoms. The number of rotatable bonds is 7. The van der Waals surface area contributed by atoms with Crippen LogP contribution in [-0.4, -0.2) is 62.2 Å². The lowest BCUT2D eigenvalue weighted by Gasteiger charge is -2.35. The van der Waals surface area contributed by atoms with Crippen molar-refractivity contribution in [3.05, 3.63) is 108 Å². The minimum atomic E-state index is -0.172. The molecule has 0 aliphatic carbocycles. The van der Waals surface area contributed by atoms with Gasteiger partial charge in [-0.15, -0.1) is 11.3 Å². The Morgan fingerprint density at radius 1 is 0.844 bits per heavy atom. The standard InChI is InChI=1S/C34H30N8O2S/c1-23(43)40-16-18-41(19-17-40)28-12-10-26(11-13-28)37-33-35-15-14-29(38-33)31-30(39-34-42(31)20-21-45-34)25-8-5-9-27(22-25)36-32(44)24-6-3-2-4-7-24/h2-15,20-22H,16-19H2,1H3,(H,36,44)(H,35,37,38). The minimum absolute atomic E-state index is 0.125. The van der Waals surface area contributed by atoms with Gasteiger partial charge in [-0.25, -0.2) is 15.0 Å². The zero-order chi connectivity index (χ0) is 30.8. The van der Waals surface area contributed by atoms with Crippen molar-refractivity contribution in [2.75, 3.05) is 41.7 Å². The first-order valence-corrected chi connectivity index (χ1v) is 15.5. The number of hydrogen-bond acceptors (Lipinski definition) is 8. The van der Waals surface area contributed by atoms with Crippen molar-refractivity contribution in [1.82, 2.24) is 24.3 Å². The minimum Gasteiger partial charge on any atom is -0.368 e. The van der Waals surface area contributed by atoms with Gasteiger partial charge in [-0.05, 0) is 54.6 Å². The molecule has 0 atom stereocenters. The molecule has 10 nitrogen and oxygen atoms in total. The fourth-order valence-corrected chi connectivity index (χ4v) is 6.20. The fourth-order valence-electron chi connectivity index (χ4n) is 5.48. The zero-order valence-corrected chi connectivity index (χ0v) is 25.4. The average Bonchev–Trinajstić information content (AvgIpc) is 3.68. The molecule has 1 aliphatic rings. The number of nitrogens with one attached hydrogen (secondary N) is 2. The topological polar surface area (TPSA) is 108 Å². The van der Waals surface area contributed by atoms with Gasteiger partial charge in [0, 0.05) is 79.1 Å². The molecule has 2 amide bonds. The molecule has 2 N–H and O–H groups in total. The third-order valence-corrected chi connectivity index (χ3v) is 8.56. The summed E-state index contributed by atoms with van der Waals surface area (Å²) in [5.74, 6) is 0.421. The molecule has 0 radical (unpaired) electrons. The third-order valence-electron chi connectivity index (χ3n) is 7.80. The molecule has 0 unspecified atom stereocenters. The first kappa shape index (κ1) is 28.2. The SMILES string of the molecule is CC(=O)N1CCN(c2ccc(Nc3nccc(-c4c(-c5cccc(NC(=O)c6ccccc6)c5)nc5sccn45)n3)cc2)CC1. The van der Waals surface area contributed by atoms with Crippen LogP contribution in [0.2, 0.25) is 0 Å². The van der Waals surface area contributed by atoms with Gasteiger partial charge >= 0.3 is 0 Å². The Labute approximate surface area is 264 Å². The summed E-state index contributed by atoms with van der Waals surface area (Å²) >= 11 is 1.54. The molecule has 7 rings (SSSR count). The molecule has 0 bridgehead atoms. The molecule has 1 saturated heterocycles. The van der Waals surface area contributed by atoms with Crippen LogP contribution in [0.1, 0.15) is 17.3 Å². The van der Waals surface area contributed by atoms with Gasteiger partial charge in [0.2, 0.25) is 11.9 Å². The Bertz CT molecular complexity index is 1980. The van der Waals surface area contributed by atoms with Crippen LogP contribution in [0.3, 0.4) is 0 Å². The number of piperazine rings is 1. The lowest BCUT2D eigenvalue weighted by atomic mass is 10.1. The van der Waals surface area contributed by atoms with Crippen LogP contribution in [-0.2, 0) is 4.79 Å². The predicted molar refractivity (Wildman–Crippen MR) is 178 cm³/mol. The number of aromatic nitrogens is 4. The summed E-state index contributed by atoms with van der Waals surface area (Å²) in [5.41, 5.74) is 6.43. The van der Waals surface area contributed by atoms with Gasteiger partial charge < -0.3 is 20.4 Å². The van der Waals surface area contributed by atoms with E-state index in [1.54, 1.807) is 36.6 Å².